The molecule has 7 N–H and O–H groups in total. The summed E-state index contributed by atoms with van der Waals surface area (Å²) in [6.45, 7) is 4.49. The van der Waals surface area contributed by atoms with Crippen molar-refractivity contribution in [3.8, 4) is 0 Å². The first kappa shape index (κ1) is 37.4. The Labute approximate surface area is 234 Å². The Bertz CT molecular complexity index is 841. The van der Waals surface area contributed by atoms with Crippen LogP contribution in [0, 0.1) is 0 Å². The average Bonchev–Trinajstić information content (AvgIpc) is 2.89. The number of aliphatic hydroxyl groups excluding tert-OH is 1. The van der Waals surface area contributed by atoms with Crippen LogP contribution in [0.5, 0.6) is 0 Å². The van der Waals surface area contributed by atoms with Crippen LogP contribution in [0.1, 0.15) is 89.9 Å². The first-order valence-electron chi connectivity index (χ1n) is 14.1. The zero-order chi connectivity index (χ0) is 27.9. The molecule has 0 aliphatic carbocycles. The Morgan fingerprint density at radius 2 is 1.54 bits per heavy atom. The predicted molar refractivity (Wildman–Crippen MR) is 156 cm³/mol. The van der Waals surface area contributed by atoms with Crippen molar-refractivity contribution in [1.82, 2.24) is 15.7 Å². The normalized spacial score (nSPS) is 13.5. The molecule has 39 heavy (non-hydrogen) atoms. The van der Waals surface area contributed by atoms with E-state index < -0.39 is 32.3 Å². The average molecular weight is 577 g/mol. The van der Waals surface area contributed by atoms with Crippen LogP contribution in [0.2, 0.25) is 0 Å². The number of anilines is 1. The van der Waals surface area contributed by atoms with Crippen molar-refractivity contribution in [1.29, 1.82) is 0 Å². The van der Waals surface area contributed by atoms with Gasteiger partial charge in [-0.2, -0.15) is 4.98 Å². The van der Waals surface area contributed by atoms with E-state index in [1.165, 1.54) is 81.0 Å². The lowest BCUT2D eigenvalue weighted by molar-refractivity contribution is 0.0162. The summed E-state index contributed by atoms with van der Waals surface area (Å²) in [6, 6.07) is 1.44. The van der Waals surface area contributed by atoms with Crippen molar-refractivity contribution in [2.75, 3.05) is 38.5 Å². The summed E-state index contributed by atoms with van der Waals surface area (Å²) in [6.07, 6.45) is 19.0. The van der Waals surface area contributed by atoms with Gasteiger partial charge in [0.15, 0.2) is 0 Å². The molecule has 12 heteroatoms. The number of nitrogens with two attached hydrogens (primary N) is 1. The fourth-order valence-electron chi connectivity index (χ4n) is 3.93. The van der Waals surface area contributed by atoms with Gasteiger partial charge in [-0.25, -0.2) is 4.79 Å². The number of hydrogen-bond donors (Lipinski definition) is 4. The molecule has 11 nitrogen and oxygen atoms in total. The van der Waals surface area contributed by atoms with Crippen LogP contribution in [-0.2, 0) is 25.1 Å². The quantitative estimate of drug-likeness (QED) is 0.0651. The monoisotopic (exact) mass is 576 g/mol. The third-order valence-electron chi connectivity index (χ3n) is 6.15. The molecule has 1 aromatic heterocycles. The van der Waals surface area contributed by atoms with Gasteiger partial charge in [0.2, 0.25) is 0 Å². The minimum atomic E-state index is -3.99. The van der Waals surface area contributed by atoms with E-state index >= 15 is 0 Å². The molecule has 0 aliphatic rings. The van der Waals surface area contributed by atoms with E-state index in [1.54, 1.807) is 0 Å². The molecule has 0 fully saturated rings. The van der Waals surface area contributed by atoms with Crippen LogP contribution in [-0.4, -0.2) is 58.4 Å². The highest BCUT2D eigenvalue weighted by atomic mass is 31.2. The standard InChI is InChI=1S/C27H50N3O7P.H3N/c1-2-3-4-5-6-7-8-9-10-11-12-13-14-15-19-35-20-16-21-37-38(33,34)24-36-25(23-31)22-30-18-17-26(28)29-27(30)32;/h2,17-18,25,31H,1,3-16,19-24H2,(H,33,34)(H2,28,29,32);1H3/t25-;/m0./s1. The predicted octanol–water partition coefficient (Wildman–Crippen LogP) is 5.19. The van der Waals surface area contributed by atoms with Crippen LogP contribution < -0.4 is 17.6 Å². The van der Waals surface area contributed by atoms with Gasteiger partial charge in [-0.1, -0.05) is 70.3 Å². The second-order valence-corrected chi connectivity index (χ2v) is 11.4. The van der Waals surface area contributed by atoms with E-state index in [9.17, 15) is 19.4 Å². The molecule has 0 radical (unpaired) electrons. The second kappa shape index (κ2) is 24.2. The maximum atomic E-state index is 12.2. The summed E-state index contributed by atoms with van der Waals surface area (Å²) >= 11 is 0. The van der Waals surface area contributed by atoms with Crippen LogP contribution in [0.4, 0.5) is 5.82 Å². The molecular weight excluding hydrogens is 523 g/mol. The molecule has 1 rings (SSSR count). The number of aromatic nitrogens is 2. The molecule has 0 spiro atoms. The molecule has 2 atom stereocenters. The molecule has 0 aromatic carbocycles. The molecule has 1 unspecified atom stereocenters. The van der Waals surface area contributed by atoms with Crippen LogP contribution in [0.3, 0.4) is 0 Å². The molecular formula is C27H53N4O7P. The molecule has 0 amide bonds. The summed E-state index contributed by atoms with van der Waals surface area (Å²) < 4.78 is 29.3. The van der Waals surface area contributed by atoms with Gasteiger partial charge in [0.1, 0.15) is 12.2 Å². The van der Waals surface area contributed by atoms with E-state index in [4.69, 9.17) is 19.7 Å². The Balaban J connectivity index is 0.0000144. The third kappa shape index (κ3) is 20.9. The molecule has 0 saturated carbocycles. The van der Waals surface area contributed by atoms with Crippen LogP contribution in [0.25, 0.3) is 0 Å². The Hall–Kier alpha value is -1.59. The number of allylic oxidation sites excluding steroid dienone is 1. The third-order valence-corrected chi connectivity index (χ3v) is 7.21. The fraction of sp³-hybridized carbons (Fsp3) is 0.778. The smallest absolute Gasteiger partial charge is 0.353 e. The highest BCUT2D eigenvalue weighted by Gasteiger charge is 2.22. The maximum Gasteiger partial charge on any atom is 0.353 e. The minimum absolute atomic E-state index is 0. The minimum Gasteiger partial charge on any atom is -0.394 e. The maximum absolute atomic E-state index is 12.2. The molecule has 0 aliphatic heterocycles. The van der Waals surface area contributed by atoms with Gasteiger partial charge in [0.05, 0.1) is 25.9 Å². The van der Waals surface area contributed by atoms with Gasteiger partial charge in [0.25, 0.3) is 0 Å². The lowest BCUT2D eigenvalue weighted by Crippen LogP contribution is -2.32. The zero-order valence-corrected chi connectivity index (χ0v) is 24.6. The first-order chi connectivity index (χ1) is 18.4. The number of aliphatic hydroxyl groups is 1. The Morgan fingerprint density at radius 1 is 0.974 bits per heavy atom. The summed E-state index contributed by atoms with van der Waals surface area (Å²) in [7, 11) is -3.99. The van der Waals surface area contributed by atoms with Crippen molar-refractivity contribution in [3.63, 3.8) is 0 Å². The van der Waals surface area contributed by atoms with Gasteiger partial charge >= 0.3 is 13.3 Å². The van der Waals surface area contributed by atoms with E-state index in [0.29, 0.717) is 19.6 Å². The summed E-state index contributed by atoms with van der Waals surface area (Å²) in [5.41, 5.74) is 4.85. The SMILES string of the molecule is C=CCCCCCCCCCCCCCCOCCCOP(=O)(O)CO[C@H](CO)Cn1ccc(N)nc1=O.N. The molecule has 0 bridgehead atoms. The van der Waals surface area contributed by atoms with Gasteiger partial charge in [-0.3, -0.25) is 9.13 Å². The molecule has 1 heterocycles. The Kier molecular flexibility index (Phi) is 23.2. The van der Waals surface area contributed by atoms with Crippen molar-refractivity contribution in [2.24, 2.45) is 0 Å². The number of hydrogen-bond acceptors (Lipinski definition) is 9. The number of ether oxygens (including phenoxy) is 2. The van der Waals surface area contributed by atoms with E-state index in [2.05, 4.69) is 11.6 Å². The van der Waals surface area contributed by atoms with E-state index in [0.717, 1.165) is 19.3 Å². The molecule has 0 saturated heterocycles. The van der Waals surface area contributed by atoms with Gasteiger partial charge < -0.3 is 35.9 Å². The summed E-state index contributed by atoms with van der Waals surface area (Å²) in [5.74, 6) is 0.0858. The molecule has 1 aromatic rings. The van der Waals surface area contributed by atoms with Crippen molar-refractivity contribution in [3.05, 3.63) is 35.4 Å². The summed E-state index contributed by atoms with van der Waals surface area (Å²) in [5, 5.41) is 9.46. The van der Waals surface area contributed by atoms with Gasteiger partial charge in [0, 0.05) is 19.4 Å². The lowest BCUT2D eigenvalue weighted by atomic mass is 10.0. The number of nitrogens with zero attached hydrogens (tertiary/aromatic N) is 2. The topological polar surface area (TPSA) is 181 Å². The number of unbranched alkanes of at least 4 members (excludes halogenated alkanes) is 12. The zero-order valence-electron chi connectivity index (χ0n) is 23.7. The first-order valence-corrected chi connectivity index (χ1v) is 15.8. The second-order valence-electron chi connectivity index (χ2n) is 9.64. The van der Waals surface area contributed by atoms with Crippen LogP contribution >= 0.6 is 7.60 Å². The van der Waals surface area contributed by atoms with Gasteiger partial charge in [-0.05, 0) is 31.7 Å². The van der Waals surface area contributed by atoms with E-state index in [-0.39, 0.29) is 25.1 Å². The van der Waals surface area contributed by atoms with E-state index in [1.807, 2.05) is 6.08 Å². The summed E-state index contributed by atoms with van der Waals surface area (Å²) in [4.78, 5) is 25.3. The number of nitrogen functional groups attached to an aromatic ring is 1. The van der Waals surface area contributed by atoms with Crippen molar-refractivity contribution in [2.45, 2.75) is 103 Å². The lowest BCUT2D eigenvalue weighted by Gasteiger charge is -2.19. The van der Waals surface area contributed by atoms with Crippen LogP contribution in [0.15, 0.2) is 29.7 Å². The molecule has 228 valence electrons. The highest BCUT2D eigenvalue weighted by Crippen LogP contribution is 2.42. The number of rotatable bonds is 26. The largest absolute Gasteiger partial charge is 0.394 e. The fourth-order valence-corrected chi connectivity index (χ4v) is 4.82. The van der Waals surface area contributed by atoms with Gasteiger partial charge in [-0.15, -0.1) is 6.58 Å². The Morgan fingerprint density at radius 3 is 2.10 bits per heavy atom. The van der Waals surface area contributed by atoms with Crippen molar-refractivity contribution >= 4 is 13.4 Å². The highest BCUT2D eigenvalue weighted by molar-refractivity contribution is 7.52. The van der Waals surface area contributed by atoms with Crippen molar-refractivity contribution < 1.29 is 28.6 Å².